The monoisotopic (exact) mass is 212 g/mol. The van der Waals surface area contributed by atoms with Crippen LogP contribution in [0.25, 0.3) is 0 Å². The van der Waals surface area contributed by atoms with Crippen molar-refractivity contribution in [2.24, 2.45) is 10.4 Å². The van der Waals surface area contributed by atoms with Gasteiger partial charge in [0.15, 0.2) is 5.17 Å². The second-order valence-corrected chi connectivity index (χ2v) is 6.11. The number of amidine groups is 1. The van der Waals surface area contributed by atoms with E-state index >= 15 is 0 Å². The summed E-state index contributed by atoms with van der Waals surface area (Å²) in [4.78, 5) is 4.48. The first-order chi connectivity index (χ1) is 6.74. The van der Waals surface area contributed by atoms with Crippen molar-refractivity contribution < 1.29 is 0 Å². The van der Waals surface area contributed by atoms with Crippen molar-refractivity contribution >= 4 is 16.9 Å². The summed E-state index contributed by atoms with van der Waals surface area (Å²) in [6, 6.07) is 0. The van der Waals surface area contributed by atoms with Crippen LogP contribution in [0.2, 0.25) is 0 Å². The zero-order valence-electron chi connectivity index (χ0n) is 9.18. The Kier molecular flexibility index (Phi) is 3.05. The highest BCUT2D eigenvalue weighted by Crippen LogP contribution is 2.49. The van der Waals surface area contributed by atoms with Gasteiger partial charge in [0, 0.05) is 11.8 Å². The molecule has 2 nitrogen and oxygen atoms in total. The quantitative estimate of drug-likeness (QED) is 0.775. The number of rotatable bonds is 4. The number of hydrogen-bond acceptors (Lipinski definition) is 3. The van der Waals surface area contributed by atoms with E-state index in [-0.39, 0.29) is 0 Å². The summed E-state index contributed by atoms with van der Waals surface area (Å²) in [7, 11) is 0. The minimum atomic E-state index is 0.643. The maximum atomic E-state index is 4.48. The highest BCUT2D eigenvalue weighted by Gasteiger charge is 2.41. The summed E-state index contributed by atoms with van der Waals surface area (Å²) in [5, 5.41) is 5.37. The molecule has 80 valence electrons. The van der Waals surface area contributed by atoms with Crippen molar-refractivity contribution in [3.63, 3.8) is 0 Å². The molecular formula is C11H20N2S. The van der Waals surface area contributed by atoms with Gasteiger partial charge >= 0.3 is 0 Å². The Bertz CT molecular complexity index is 233. The molecule has 0 bridgehead atoms. The molecule has 1 heterocycles. The highest BCUT2D eigenvalue weighted by atomic mass is 32.2. The Morgan fingerprint density at radius 2 is 2.36 bits per heavy atom. The molecule has 2 rings (SSSR count). The number of thioether (sulfide) groups is 1. The van der Waals surface area contributed by atoms with E-state index in [0.717, 1.165) is 13.1 Å². The Balaban J connectivity index is 1.72. The van der Waals surface area contributed by atoms with Crippen LogP contribution < -0.4 is 5.32 Å². The fourth-order valence-corrected chi connectivity index (χ4v) is 2.89. The third-order valence-electron chi connectivity index (χ3n) is 3.16. The number of nitrogens with zero attached hydrogens (tertiary/aromatic N) is 1. The molecular weight excluding hydrogens is 192 g/mol. The van der Waals surface area contributed by atoms with Gasteiger partial charge in [-0.25, -0.2) is 0 Å². The van der Waals surface area contributed by atoms with Crippen LogP contribution in [0, 0.1) is 5.41 Å². The van der Waals surface area contributed by atoms with Gasteiger partial charge < -0.3 is 5.32 Å². The Labute approximate surface area is 90.9 Å². The first kappa shape index (κ1) is 10.3. The van der Waals surface area contributed by atoms with Crippen molar-refractivity contribution in [1.82, 2.24) is 5.32 Å². The van der Waals surface area contributed by atoms with Gasteiger partial charge in [-0.1, -0.05) is 32.0 Å². The molecule has 1 aliphatic carbocycles. The molecule has 2 aliphatic rings. The fraction of sp³-hybridized carbons (Fsp3) is 0.909. The third kappa shape index (κ3) is 2.44. The van der Waals surface area contributed by atoms with Crippen LogP contribution >= 0.6 is 11.8 Å². The third-order valence-corrected chi connectivity index (χ3v) is 4.21. The molecule has 1 atom stereocenters. The molecule has 1 fully saturated rings. The maximum absolute atomic E-state index is 4.48. The number of nitrogens with one attached hydrogen (secondary N) is 1. The van der Waals surface area contributed by atoms with Gasteiger partial charge in [0.2, 0.25) is 0 Å². The molecule has 0 aromatic rings. The predicted octanol–water partition coefficient (Wildman–Crippen LogP) is 2.65. The average Bonchev–Trinajstić information content (AvgIpc) is 2.80. The highest BCUT2D eigenvalue weighted by molar-refractivity contribution is 8.14. The molecule has 1 N–H and O–H groups in total. The molecule has 0 aromatic heterocycles. The van der Waals surface area contributed by atoms with Gasteiger partial charge in [0.05, 0.1) is 6.54 Å². The zero-order chi connectivity index (χ0) is 10.0. The van der Waals surface area contributed by atoms with Gasteiger partial charge in [0.25, 0.3) is 0 Å². The SMILES string of the molecule is CCCC1(CNC2=NCC(C)S2)CC1. The van der Waals surface area contributed by atoms with Crippen LogP contribution in [-0.2, 0) is 0 Å². The Morgan fingerprint density at radius 1 is 1.57 bits per heavy atom. The lowest BCUT2D eigenvalue weighted by Gasteiger charge is -2.15. The van der Waals surface area contributed by atoms with Crippen LogP contribution in [0.15, 0.2) is 4.99 Å². The van der Waals surface area contributed by atoms with Gasteiger partial charge in [0.1, 0.15) is 0 Å². The molecule has 0 spiro atoms. The lowest BCUT2D eigenvalue weighted by molar-refractivity contribution is 0.454. The van der Waals surface area contributed by atoms with E-state index in [4.69, 9.17) is 0 Å². The molecule has 0 aromatic carbocycles. The minimum absolute atomic E-state index is 0.643. The molecule has 0 saturated heterocycles. The van der Waals surface area contributed by atoms with Crippen LogP contribution in [0.1, 0.15) is 39.5 Å². The first-order valence-electron chi connectivity index (χ1n) is 5.69. The second kappa shape index (κ2) is 4.13. The van der Waals surface area contributed by atoms with E-state index in [0.29, 0.717) is 10.7 Å². The summed E-state index contributed by atoms with van der Waals surface area (Å²) >= 11 is 1.89. The average molecular weight is 212 g/mol. The topological polar surface area (TPSA) is 24.4 Å². The summed E-state index contributed by atoms with van der Waals surface area (Å²) in [5.74, 6) is 0. The Hall–Kier alpha value is -0.180. The smallest absolute Gasteiger partial charge is 0.156 e. The summed E-state index contributed by atoms with van der Waals surface area (Å²) in [5.41, 5.74) is 0.643. The molecule has 3 heteroatoms. The fourth-order valence-electron chi connectivity index (χ4n) is 2.06. The number of hydrogen-bond donors (Lipinski definition) is 1. The maximum Gasteiger partial charge on any atom is 0.156 e. The summed E-state index contributed by atoms with van der Waals surface area (Å²) < 4.78 is 0. The van der Waals surface area contributed by atoms with Crippen molar-refractivity contribution in [3.8, 4) is 0 Å². The molecule has 0 amide bonds. The molecule has 1 unspecified atom stereocenters. The van der Waals surface area contributed by atoms with Gasteiger partial charge in [-0.05, 0) is 24.7 Å². The van der Waals surface area contributed by atoms with E-state index < -0.39 is 0 Å². The Morgan fingerprint density at radius 3 is 2.86 bits per heavy atom. The summed E-state index contributed by atoms with van der Waals surface area (Å²) in [6.45, 7) is 6.67. The number of aliphatic imine (C=N–C) groups is 1. The molecule has 0 radical (unpaired) electrons. The summed E-state index contributed by atoms with van der Waals surface area (Å²) in [6.07, 6.45) is 5.54. The zero-order valence-corrected chi connectivity index (χ0v) is 9.99. The van der Waals surface area contributed by atoms with E-state index in [1.807, 2.05) is 11.8 Å². The van der Waals surface area contributed by atoms with Gasteiger partial charge in [-0.3, -0.25) is 4.99 Å². The van der Waals surface area contributed by atoms with Gasteiger partial charge in [-0.15, -0.1) is 0 Å². The molecule has 14 heavy (non-hydrogen) atoms. The molecule has 1 aliphatic heterocycles. The lowest BCUT2D eigenvalue weighted by Crippen LogP contribution is -2.27. The van der Waals surface area contributed by atoms with Crippen molar-refractivity contribution in [2.45, 2.75) is 44.8 Å². The second-order valence-electron chi connectivity index (χ2n) is 4.68. The standard InChI is InChI=1S/C11H20N2S/c1-3-4-11(5-6-11)8-13-10-12-7-9(2)14-10/h9H,3-8H2,1-2H3,(H,12,13). The van der Waals surface area contributed by atoms with E-state index in [1.54, 1.807) is 0 Å². The van der Waals surface area contributed by atoms with Crippen LogP contribution in [0.4, 0.5) is 0 Å². The van der Waals surface area contributed by atoms with Gasteiger partial charge in [-0.2, -0.15) is 0 Å². The minimum Gasteiger partial charge on any atom is -0.364 e. The largest absolute Gasteiger partial charge is 0.364 e. The van der Waals surface area contributed by atoms with Crippen molar-refractivity contribution in [1.29, 1.82) is 0 Å². The van der Waals surface area contributed by atoms with Crippen LogP contribution in [-0.4, -0.2) is 23.5 Å². The lowest BCUT2D eigenvalue weighted by atomic mass is 10.0. The molecule has 1 saturated carbocycles. The first-order valence-corrected chi connectivity index (χ1v) is 6.57. The van der Waals surface area contributed by atoms with E-state index in [2.05, 4.69) is 24.2 Å². The predicted molar refractivity (Wildman–Crippen MR) is 63.9 cm³/mol. The van der Waals surface area contributed by atoms with Crippen LogP contribution in [0.3, 0.4) is 0 Å². The van der Waals surface area contributed by atoms with E-state index in [9.17, 15) is 0 Å². The van der Waals surface area contributed by atoms with E-state index in [1.165, 1.54) is 30.9 Å². The van der Waals surface area contributed by atoms with Crippen molar-refractivity contribution in [2.75, 3.05) is 13.1 Å². The van der Waals surface area contributed by atoms with Crippen molar-refractivity contribution in [3.05, 3.63) is 0 Å². The normalized spacial score (nSPS) is 28.7. The van der Waals surface area contributed by atoms with Crippen LogP contribution in [0.5, 0.6) is 0 Å².